The molecule has 0 bridgehead atoms. The lowest BCUT2D eigenvalue weighted by atomic mass is 10.2. The molecule has 0 atom stereocenters. The first kappa shape index (κ1) is 8.72. The lowest BCUT2D eigenvalue weighted by Gasteiger charge is -1.95. The summed E-state index contributed by atoms with van der Waals surface area (Å²) in [5, 5.41) is 1.23. The van der Waals surface area contributed by atoms with Gasteiger partial charge in [-0.05, 0) is 15.9 Å². The summed E-state index contributed by atoms with van der Waals surface area (Å²) in [7, 11) is 0. The molecule has 0 amide bonds. The highest BCUT2D eigenvalue weighted by Gasteiger charge is 2.10. The molecule has 0 aliphatic carbocycles. The maximum atomic E-state index is 10.6. The fourth-order valence-electron chi connectivity index (χ4n) is 1.18. The molecule has 2 heterocycles. The fraction of sp³-hybridized carbons (Fsp3) is 0. The van der Waals surface area contributed by atoms with Gasteiger partial charge in [0.05, 0.1) is 10.5 Å². The summed E-state index contributed by atoms with van der Waals surface area (Å²) in [6, 6.07) is 0. The first-order valence-corrected chi connectivity index (χ1v) is 4.67. The molecule has 66 valence electrons. The highest BCUT2D eigenvalue weighted by molar-refractivity contribution is 9.10. The van der Waals surface area contributed by atoms with Gasteiger partial charge in [-0.25, -0.2) is 4.98 Å². The smallest absolute Gasteiger partial charge is 0.152 e. The number of aromatic amines is 1. The number of carbonyl (C=O) groups excluding carboxylic acids is 1. The van der Waals surface area contributed by atoms with E-state index in [0.29, 0.717) is 15.2 Å². The fourth-order valence-corrected chi connectivity index (χ4v) is 1.91. The summed E-state index contributed by atoms with van der Waals surface area (Å²) in [6.45, 7) is 0. The van der Waals surface area contributed by atoms with Crippen molar-refractivity contribution in [1.29, 1.82) is 0 Å². The van der Waals surface area contributed by atoms with Crippen molar-refractivity contribution in [1.82, 2.24) is 9.97 Å². The van der Waals surface area contributed by atoms with Crippen LogP contribution in [0.25, 0.3) is 10.9 Å². The Kier molecular flexibility index (Phi) is 2.09. The van der Waals surface area contributed by atoms with Crippen LogP contribution in [0.2, 0.25) is 5.02 Å². The van der Waals surface area contributed by atoms with Gasteiger partial charge in [0.2, 0.25) is 0 Å². The quantitative estimate of drug-likeness (QED) is 0.632. The molecule has 0 fully saturated rings. The number of nitrogens with one attached hydrogen (secondary N) is 1. The van der Waals surface area contributed by atoms with Crippen molar-refractivity contribution in [2.75, 3.05) is 0 Å². The Balaban J connectivity index is 2.95. The van der Waals surface area contributed by atoms with Gasteiger partial charge in [0.15, 0.2) is 6.29 Å². The third-order valence-corrected chi connectivity index (χ3v) is 2.66. The van der Waals surface area contributed by atoms with E-state index in [1.54, 1.807) is 6.20 Å². The van der Waals surface area contributed by atoms with Gasteiger partial charge < -0.3 is 4.98 Å². The molecule has 0 aliphatic rings. The van der Waals surface area contributed by atoms with E-state index in [0.717, 1.165) is 17.2 Å². The average molecular weight is 259 g/mol. The number of hydrogen-bond acceptors (Lipinski definition) is 2. The largest absolute Gasteiger partial charge is 0.359 e. The van der Waals surface area contributed by atoms with Crippen LogP contribution in [0, 0.1) is 0 Å². The van der Waals surface area contributed by atoms with E-state index in [2.05, 4.69) is 25.9 Å². The molecule has 0 aromatic carbocycles. The first-order chi connectivity index (χ1) is 6.24. The highest BCUT2D eigenvalue weighted by Crippen LogP contribution is 2.29. The molecule has 2 rings (SSSR count). The Labute approximate surface area is 87.2 Å². The molecule has 0 saturated carbocycles. The molecule has 1 N–H and O–H groups in total. The van der Waals surface area contributed by atoms with Crippen LogP contribution < -0.4 is 0 Å². The van der Waals surface area contributed by atoms with Crippen molar-refractivity contribution in [2.45, 2.75) is 0 Å². The summed E-state index contributed by atoms with van der Waals surface area (Å²) >= 11 is 9.12. The minimum Gasteiger partial charge on any atom is -0.359 e. The zero-order valence-electron chi connectivity index (χ0n) is 6.34. The van der Waals surface area contributed by atoms with E-state index in [1.165, 1.54) is 6.20 Å². The van der Waals surface area contributed by atoms with Crippen molar-refractivity contribution < 1.29 is 4.79 Å². The van der Waals surface area contributed by atoms with Crippen LogP contribution in [-0.2, 0) is 0 Å². The highest BCUT2D eigenvalue weighted by atomic mass is 79.9. The molecule has 0 spiro atoms. The molecule has 3 nitrogen and oxygen atoms in total. The van der Waals surface area contributed by atoms with Crippen LogP contribution in [0.3, 0.4) is 0 Å². The van der Waals surface area contributed by atoms with Gasteiger partial charge in [0.1, 0.15) is 4.60 Å². The maximum Gasteiger partial charge on any atom is 0.152 e. The number of rotatable bonds is 1. The van der Waals surface area contributed by atoms with E-state index >= 15 is 0 Å². The van der Waals surface area contributed by atoms with Crippen molar-refractivity contribution in [3.63, 3.8) is 0 Å². The third-order valence-electron chi connectivity index (χ3n) is 1.77. The Morgan fingerprint density at radius 2 is 2.38 bits per heavy atom. The molecule has 2 aromatic rings. The molecule has 5 heteroatoms. The number of aldehydes is 1. The minimum absolute atomic E-state index is 0.506. The van der Waals surface area contributed by atoms with E-state index < -0.39 is 0 Å². The van der Waals surface area contributed by atoms with E-state index in [9.17, 15) is 4.79 Å². The van der Waals surface area contributed by atoms with Gasteiger partial charge >= 0.3 is 0 Å². The predicted octanol–water partition coefficient (Wildman–Crippen LogP) is 2.79. The first-order valence-electron chi connectivity index (χ1n) is 3.50. The average Bonchev–Trinajstić information content (AvgIpc) is 2.56. The van der Waals surface area contributed by atoms with E-state index in [-0.39, 0.29) is 0 Å². The summed E-state index contributed by atoms with van der Waals surface area (Å²) < 4.78 is 0.621. The van der Waals surface area contributed by atoms with Crippen LogP contribution in [0.15, 0.2) is 17.0 Å². The number of H-pyrrole nitrogens is 1. The molecule has 0 unspecified atom stereocenters. The number of pyridine rings is 1. The molecule has 13 heavy (non-hydrogen) atoms. The Hall–Kier alpha value is -0.870. The van der Waals surface area contributed by atoms with Crippen LogP contribution in [-0.4, -0.2) is 16.3 Å². The van der Waals surface area contributed by atoms with Crippen molar-refractivity contribution >= 4 is 44.7 Å². The lowest BCUT2D eigenvalue weighted by molar-refractivity contribution is 0.112. The summed E-state index contributed by atoms with van der Waals surface area (Å²) in [6.07, 6.45) is 3.90. The number of halogens is 2. The lowest BCUT2D eigenvalue weighted by Crippen LogP contribution is -1.81. The molecule has 2 aromatic heterocycles. The van der Waals surface area contributed by atoms with Crippen molar-refractivity contribution in [2.24, 2.45) is 0 Å². The van der Waals surface area contributed by atoms with Crippen LogP contribution in [0.1, 0.15) is 10.4 Å². The molecule has 0 radical (unpaired) electrons. The third kappa shape index (κ3) is 1.26. The Morgan fingerprint density at radius 3 is 3.08 bits per heavy atom. The van der Waals surface area contributed by atoms with Gasteiger partial charge in [0, 0.05) is 23.3 Å². The standard InChI is InChI=1S/C8H4BrClN2O/c9-8-6-4(3-13)1-11-7(6)5(10)2-12-8/h1-3,11H. The van der Waals surface area contributed by atoms with Crippen LogP contribution >= 0.6 is 27.5 Å². The second-order valence-electron chi connectivity index (χ2n) is 2.51. The normalized spacial score (nSPS) is 10.6. The topological polar surface area (TPSA) is 45.8 Å². The van der Waals surface area contributed by atoms with Gasteiger partial charge in [0.25, 0.3) is 0 Å². The van der Waals surface area contributed by atoms with Crippen LogP contribution in [0.4, 0.5) is 0 Å². The van der Waals surface area contributed by atoms with E-state index in [1.807, 2.05) is 0 Å². The number of hydrogen-bond donors (Lipinski definition) is 1. The number of fused-ring (bicyclic) bond motifs is 1. The van der Waals surface area contributed by atoms with Crippen molar-refractivity contribution in [3.05, 3.63) is 27.6 Å². The molecule has 0 aliphatic heterocycles. The number of carbonyl (C=O) groups is 1. The summed E-state index contributed by atoms with van der Waals surface area (Å²) in [5.74, 6) is 0. The molecular weight excluding hydrogens is 255 g/mol. The summed E-state index contributed by atoms with van der Waals surface area (Å²) in [5.41, 5.74) is 1.28. The number of aromatic nitrogens is 2. The van der Waals surface area contributed by atoms with Gasteiger partial charge in [-0.1, -0.05) is 11.6 Å². The second kappa shape index (κ2) is 3.12. The predicted molar refractivity (Wildman–Crippen MR) is 54.2 cm³/mol. The SMILES string of the molecule is O=Cc1c[nH]c2c(Cl)cnc(Br)c12. The zero-order valence-corrected chi connectivity index (χ0v) is 8.69. The molecular formula is C8H4BrClN2O. The maximum absolute atomic E-state index is 10.6. The summed E-state index contributed by atoms with van der Waals surface area (Å²) in [4.78, 5) is 17.5. The van der Waals surface area contributed by atoms with Crippen LogP contribution in [0.5, 0.6) is 0 Å². The van der Waals surface area contributed by atoms with Gasteiger partial charge in [-0.2, -0.15) is 0 Å². The number of nitrogens with zero attached hydrogens (tertiary/aromatic N) is 1. The minimum atomic E-state index is 0.506. The monoisotopic (exact) mass is 258 g/mol. The Morgan fingerprint density at radius 1 is 1.62 bits per heavy atom. The van der Waals surface area contributed by atoms with E-state index in [4.69, 9.17) is 11.6 Å². The van der Waals surface area contributed by atoms with Gasteiger partial charge in [-0.15, -0.1) is 0 Å². The van der Waals surface area contributed by atoms with Crippen molar-refractivity contribution in [3.8, 4) is 0 Å². The van der Waals surface area contributed by atoms with Gasteiger partial charge in [-0.3, -0.25) is 4.79 Å². The zero-order chi connectivity index (χ0) is 9.42. The Bertz CT molecular complexity index is 480. The molecule has 0 saturated heterocycles. The second-order valence-corrected chi connectivity index (χ2v) is 3.67.